The molecule has 0 unspecified atom stereocenters. The summed E-state index contributed by atoms with van der Waals surface area (Å²) in [4.78, 5) is 13.0. The number of nitrogens with zero attached hydrogens (tertiary/aromatic N) is 6. The first-order chi connectivity index (χ1) is 15.7. The predicted molar refractivity (Wildman–Crippen MR) is 126 cm³/mol. The van der Waals surface area contributed by atoms with Crippen molar-refractivity contribution in [3.8, 4) is 23.0 Å². The van der Waals surface area contributed by atoms with Crippen LogP contribution in [0.25, 0.3) is 16.9 Å². The van der Waals surface area contributed by atoms with Gasteiger partial charge in [-0.25, -0.2) is 4.68 Å². The Balaban J connectivity index is 1.60. The van der Waals surface area contributed by atoms with E-state index in [0.717, 1.165) is 39.3 Å². The van der Waals surface area contributed by atoms with Crippen LogP contribution < -0.4 is 0 Å². The number of aryl methyl sites for hydroxylation is 2. The van der Waals surface area contributed by atoms with E-state index >= 15 is 0 Å². The number of hydrogen-bond acceptors (Lipinski definition) is 5. The van der Waals surface area contributed by atoms with Gasteiger partial charge in [0.1, 0.15) is 5.69 Å². The van der Waals surface area contributed by atoms with E-state index in [1.807, 2.05) is 77.3 Å². The number of rotatable bonds is 6. The molecule has 33 heavy (non-hydrogen) atoms. The molecule has 0 N–H and O–H groups in total. The van der Waals surface area contributed by atoms with Crippen LogP contribution in [0.2, 0.25) is 0 Å². The zero-order valence-corrected chi connectivity index (χ0v) is 19.5. The van der Waals surface area contributed by atoms with Crippen molar-refractivity contribution in [1.29, 1.82) is 5.26 Å². The average molecular weight is 439 g/mol. The van der Waals surface area contributed by atoms with E-state index in [9.17, 15) is 10.1 Å². The highest BCUT2D eigenvalue weighted by Crippen LogP contribution is 2.25. The van der Waals surface area contributed by atoms with Crippen molar-refractivity contribution in [2.75, 3.05) is 0 Å². The molecule has 7 nitrogen and oxygen atoms in total. The molecule has 0 aliphatic carbocycles. The Kier molecular flexibility index (Phi) is 5.69. The summed E-state index contributed by atoms with van der Waals surface area (Å²) in [5, 5.41) is 22.3. The Bertz CT molecular complexity index is 1390. The summed E-state index contributed by atoms with van der Waals surface area (Å²) in [6.07, 6.45) is 3.92. The van der Waals surface area contributed by atoms with Gasteiger partial charge in [-0.05, 0) is 56.5 Å². The Morgan fingerprint density at radius 1 is 1.15 bits per heavy atom. The molecule has 4 rings (SSSR count). The lowest BCUT2D eigenvalue weighted by molar-refractivity contribution is 0.0993. The molecule has 0 amide bonds. The second-order valence-corrected chi connectivity index (χ2v) is 8.85. The molecule has 0 spiro atoms. The summed E-state index contributed by atoms with van der Waals surface area (Å²) >= 11 is 0. The standard InChI is InChI=1S/C26H26N6O/c1-17-9-10-19(12-25(33)20-7-6-8-21(13-20)26(3,4)16-27)11-24(17)32-15-23(29-30-32)22-14-28-31(5)18(22)2/h6-11,13-15H,12H2,1-5H3. The lowest BCUT2D eigenvalue weighted by Gasteiger charge is -2.16. The normalized spacial score (nSPS) is 11.4. The minimum atomic E-state index is -0.648. The number of benzene rings is 2. The quantitative estimate of drug-likeness (QED) is 0.413. The van der Waals surface area contributed by atoms with Gasteiger partial charge in [0.25, 0.3) is 0 Å². The summed E-state index contributed by atoms with van der Waals surface area (Å²) < 4.78 is 3.54. The highest BCUT2D eigenvalue weighted by Gasteiger charge is 2.21. The molecule has 0 aliphatic heterocycles. The number of aromatic nitrogens is 5. The van der Waals surface area contributed by atoms with Crippen molar-refractivity contribution >= 4 is 5.78 Å². The van der Waals surface area contributed by atoms with Crippen LogP contribution in [-0.2, 0) is 18.9 Å². The fourth-order valence-corrected chi connectivity index (χ4v) is 3.70. The van der Waals surface area contributed by atoms with Crippen molar-refractivity contribution in [1.82, 2.24) is 24.8 Å². The Labute approximate surface area is 193 Å². The largest absolute Gasteiger partial charge is 0.294 e. The number of hydrogen-bond donors (Lipinski definition) is 0. The van der Waals surface area contributed by atoms with Gasteiger partial charge in [0.2, 0.25) is 0 Å². The Morgan fingerprint density at radius 2 is 1.94 bits per heavy atom. The fourth-order valence-electron chi connectivity index (χ4n) is 3.70. The summed E-state index contributed by atoms with van der Waals surface area (Å²) in [6.45, 7) is 7.70. The molecule has 0 saturated heterocycles. The Morgan fingerprint density at radius 3 is 2.64 bits per heavy atom. The highest BCUT2D eigenvalue weighted by atomic mass is 16.1. The maximum atomic E-state index is 13.0. The van der Waals surface area contributed by atoms with Crippen molar-refractivity contribution < 1.29 is 4.79 Å². The van der Waals surface area contributed by atoms with Crippen LogP contribution in [0.4, 0.5) is 0 Å². The lowest BCUT2D eigenvalue weighted by atomic mass is 9.85. The summed E-state index contributed by atoms with van der Waals surface area (Å²) in [5.74, 6) is 0.00524. The van der Waals surface area contributed by atoms with E-state index in [0.29, 0.717) is 5.56 Å². The molecule has 0 aliphatic rings. The predicted octanol–water partition coefficient (Wildman–Crippen LogP) is 4.51. The third-order valence-electron chi connectivity index (χ3n) is 6.08. The molecule has 2 aromatic carbocycles. The smallest absolute Gasteiger partial charge is 0.167 e. The molecule has 0 atom stereocenters. The highest BCUT2D eigenvalue weighted by molar-refractivity contribution is 5.97. The van der Waals surface area contributed by atoms with E-state index in [2.05, 4.69) is 21.5 Å². The molecule has 166 valence electrons. The van der Waals surface area contributed by atoms with E-state index in [-0.39, 0.29) is 12.2 Å². The first-order valence-corrected chi connectivity index (χ1v) is 10.8. The number of nitriles is 1. The monoisotopic (exact) mass is 438 g/mol. The molecule has 0 saturated carbocycles. The summed E-state index contributed by atoms with van der Waals surface area (Å²) in [6, 6.07) is 15.6. The van der Waals surface area contributed by atoms with Gasteiger partial charge in [0.15, 0.2) is 5.78 Å². The zero-order chi connectivity index (χ0) is 23.8. The van der Waals surface area contributed by atoms with Crippen molar-refractivity contribution in [3.63, 3.8) is 0 Å². The van der Waals surface area contributed by atoms with Gasteiger partial charge in [-0.2, -0.15) is 10.4 Å². The maximum Gasteiger partial charge on any atom is 0.167 e. The zero-order valence-electron chi connectivity index (χ0n) is 19.5. The molecule has 0 radical (unpaired) electrons. The summed E-state index contributed by atoms with van der Waals surface area (Å²) in [7, 11) is 1.89. The van der Waals surface area contributed by atoms with E-state index in [1.165, 1.54) is 0 Å². The molecular formula is C26H26N6O. The molecule has 4 aromatic rings. The van der Waals surface area contributed by atoms with E-state index in [4.69, 9.17) is 0 Å². The van der Waals surface area contributed by atoms with Gasteiger partial charge in [0.05, 0.1) is 29.6 Å². The van der Waals surface area contributed by atoms with Crippen molar-refractivity contribution in [2.24, 2.45) is 7.05 Å². The second kappa shape index (κ2) is 8.47. The van der Waals surface area contributed by atoms with Gasteiger partial charge in [-0.3, -0.25) is 9.48 Å². The number of carbonyl (C=O) groups excluding carboxylic acids is 1. The number of carbonyl (C=O) groups is 1. The van der Waals surface area contributed by atoms with Crippen molar-refractivity contribution in [2.45, 2.75) is 39.5 Å². The van der Waals surface area contributed by atoms with Gasteiger partial charge < -0.3 is 0 Å². The second-order valence-electron chi connectivity index (χ2n) is 8.85. The molecule has 0 fully saturated rings. The fraction of sp³-hybridized carbons (Fsp3) is 0.269. The van der Waals surface area contributed by atoms with Gasteiger partial charge in [-0.15, -0.1) is 5.10 Å². The van der Waals surface area contributed by atoms with Crippen LogP contribution in [0.1, 0.15) is 46.6 Å². The van der Waals surface area contributed by atoms with Gasteiger partial charge >= 0.3 is 0 Å². The molecule has 2 aromatic heterocycles. The minimum absolute atomic E-state index is 0.00524. The molecular weight excluding hydrogens is 412 g/mol. The van der Waals surface area contributed by atoms with Gasteiger partial charge in [0, 0.05) is 30.3 Å². The first kappa shape index (κ1) is 22.2. The van der Waals surface area contributed by atoms with Crippen LogP contribution in [0.15, 0.2) is 54.9 Å². The van der Waals surface area contributed by atoms with E-state index in [1.54, 1.807) is 21.6 Å². The van der Waals surface area contributed by atoms with Crippen LogP contribution in [0, 0.1) is 25.2 Å². The average Bonchev–Trinajstić information content (AvgIpc) is 3.42. The SMILES string of the molecule is Cc1ccc(CC(=O)c2cccc(C(C)(C)C#N)c2)cc1-n1cc(-c2cnn(C)c2C)nn1. The third kappa shape index (κ3) is 4.33. The summed E-state index contributed by atoms with van der Waals surface area (Å²) in [5.41, 5.74) is 6.29. The number of ketones is 1. The minimum Gasteiger partial charge on any atom is -0.294 e. The van der Waals surface area contributed by atoms with Crippen LogP contribution in [0.3, 0.4) is 0 Å². The number of Topliss-reactive ketones (excluding diaryl/α,β-unsaturated/α-hetero) is 1. The maximum absolute atomic E-state index is 13.0. The molecule has 7 heteroatoms. The van der Waals surface area contributed by atoms with Crippen LogP contribution >= 0.6 is 0 Å². The van der Waals surface area contributed by atoms with Crippen LogP contribution in [-0.4, -0.2) is 30.6 Å². The van der Waals surface area contributed by atoms with Gasteiger partial charge in [-0.1, -0.05) is 35.5 Å². The van der Waals surface area contributed by atoms with Crippen LogP contribution in [0.5, 0.6) is 0 Å². The first-order valence-electron chi connectivity index (χ1n) is 10.8. The molecule has 0 bridgehead atoms. The third-order valence-corrected chi connectivity index (χ3v) is 6.08. The van der Waals surface area contributed by atoms with Crippen molar-refractivity contribution in [3.05, 3.63) is 82.8 Å². The lowest BCUT2D eigenvalue weighted by Crippen LogP contribution is -2.15. The molecule has 2 heterocycles. The van der Waals surface area contributed by atoms with E-state index < -0.39 is 5.41 Å². The Hall–Kier alpha value is -4.05. The topological polar surface area (TPSA) is 89.4 Å².